The van der Waals surface area contributed by atoms with Crippen LogP contribution in [0.5, 0.6) is 0 Å². The van der Waals surface area contributed by atoms with Gasteiger partial charge in [-0.2, -0.15) is 0 Å². The Labute approximate surface area is 112 Å². The smallest absolute Gasteiger partial charge is 0.335 e. The highest BCUT2D eigenvalue weighted by atomic mass is 16.4. The Morgan fingerprint density at radius 3 is 2.26 bits per heavy atom. The fourth-order valence-electron chi connectivity index (χ4n) is 1.99. The Bertz CT molecular complexity index is 480. The molecule has 1 aromatic carbocycles. The van der Waals surface area contributed by atoms with E-state index < -0.39 is 17.9 Å². The molecule has 5 heteroatoms. The van der Waals surface area contributed by atoms with E-state index in [1.807, 2.05) is 26.0 Å². The van der Waals surface area contributed by atoms with Crippen molar-refractivity contribution in [1.29, 1.82) is 0 Å². The summed E-state index contributed by atoms with van der Waals surface area (Å²) >= 11 is 0. The largest absolute Gasteiger partial charge is 0.481 e. The number of aryl methyl sites for hydroxylation is 1. The maximum atomic E-state index is 10.9. The van der Waals surface area contributed by atoms with E-state index in [1.165, 1.54) is 12.1 Å². The van der Waals surface area contributed by atoms with Crippen LogP contribution in [0.4, 0.5) is 0 Å². The predicted octanol–water partition coefficient (Wildman–Crippen LogP) is 1.68. The third kappa shape index (κ3) is 4.06. The quantitative estimate of drug-likeness (QED) is 0.850. The maximum absolute atomic E-state index is 10.9. The third-order valence-electron chi connectivity index (χ3n) is 2.77. The van der Waals surface area contributed by atoms with Crippen molar-refractivity contribution in [2.24, 2.45) is 0 Å². The van der Waals surface area contributed by atoms with Crippen LogP contribution in [0.3, 0.4) is 0 Å². The molecule has 104 valence electrons. The Hall–Kier alpha value is -1.88. The second kappa shape index (κ2) is 6.33. The molecular weight excluding hydrogens is 246 g/mol. The SMILES string of the molecule is CN(C)C.O=C(O)c1ccc2c(c1)C(C(=O)O)CC2. The zero-order valence-corrected chi connectivity index (χ0v) is 11.4. The molecule has 1 unspecified atom stereocenters. The summed E-state index contributed by atoms with van der Waals surface area (Å²) in [7, 11) is 6.00. The Kier molecular flexibility index (Phi) is 5.06. The summed E-state index contributed by atoms with van der Waals surface area (Å²) in [6.45, 7) is 0. The lowest BCUT2D eigenvalue weighted by Gasteiger charge is -2.06. The molecule has 0 bridgehead atoms. The molecule has 1 aromatic rings. The molecule has 2 N–H and O–H groups in total. The van der Waals surface area contributed by atoms with Crippen LogP contribution in [0, 0.1) is 0 Å². The highest BCUT2D eigenvalue weighted by molar-refractivity contribution is 5.89. The molecule has 2 rings (SSSR count). The van der Waals surface area contributed by atoms with E-state index in [4.69, 9.17) is 10.2 Å². The number of carboxylic acid groups (broad SMARTS) is 2. The Balaban J connectivity index is 0.000000399. The van der Waals surface area contributed by atoms with Crippen LogP contribution >= 0.6 is 0 Å². The summed E-state index contributed by atoms with van der Waals surface area (Å²) in [5, 5.41) is 17.7. The number of hydrogen-bond acceptors (Lipinski definition) is 3. The van der Waals surface area contributed by atoms with Gasteiger partial charge in [-0.15, -0.1) is 0 Å². The number of carboxylic acids is 2. The average Bonchev–Trinajstić information content (AvgIpc) is 2.70. The van der Waals surface area contributed by atoms with Gasteiger partial charge in [-0.25, -0.2) is 4.79 Å². The van der Waals surface area contributed by atoms with E-state index in [1.54, 1.807) is 6.07 Å². The molecule has 0 radical (unpaired) electrons. The van der Waals surface area contributed by atoms with Crippen molar-refractivity contribution in [3.8, 4) is 0 Å². The molecule has 0 heterocycles. The van der Waals surface area contributed by atoms with E-state index in [-0.39, 0.29) is 5.56 Å². The summed E-state index contributed by atoms with van der Waals surface area (Å²) in [5.74, 6) is -2.44. The van der Waals surface area contributed by atoms with Gasteiger partial charge in [0.05, 0.1) is 11.5 Å². The van der Waals surface area contributed by atoms with E-state index in [2.05, 4.69) is 0 Å². The van der Waals surface area contributed by atoms with Crippen LogP contribution in [0.2, 0.25) is 0 Å². The van der Waals surface area contributed by atoms with Gasteiger partial charge in [-0.3, -0.25) is 4.79 Å². The first kappa shape index (κ1) is 15.2. The molecule has 0 fully saturated rings. The fraction of sp³-hybridized carbons (Fsp3) is 0.429. The van der Waals surface area contributed by atoms with E-state index in [0.29, 0.717) is 18.4 Å². The second-order valence-electron chi connectivity index (χ2n) is 4.99. The molecule has 5 nitrogen and oxygen atoms in total. The molecule has 19 heavy (non-hydrogen) atoms. The van der Waals surface area contributed by atoms with Gasteiger partial charge in [0.1, 0.15) is 0 Å². The molecule has 0 saturated carbocycles. The summed E-state index contributed by atoms with van der Waals surface area (Å²) in [4.78, 5) is 23.6. The first-order chi connectivity index (χ1) is 8.82. The molecule has 0 spiro atoms. The fourth-order valence-corrected chi connectivity index (χ4v) is 1.99. The van der Waals surface area contributed by atoms with Gasteiger partial charge in [0, 0.05) is 0 Å². The highest BCUT2D eigenvalue weighted by Crippen LogP contribution is 2.33. The molecule has 0 aliphatic heterocycles. The van der Waals surface area contributed by atoms with Crippen molar-refractivity contribution in [3.05, 3.63) is 34.9 Å². The average molecular weight is 265 g/mol. The lowest BCUT2D eigenvalue weighted by Crippen LogP contribution is -2.08. The first-order valence-corrected chi connectivity index (χ1v) is 6.02. The minimum atomic E-state index is -1.02. The van der Waals surface area contributed by atoms with E-state index in [0.717, 1.165) is 5.56 Å². The highest BCUT2D eigenvalue weighted by Gasteiger charge is 2.28. The van der Waals surface area contributed by atoms with Gasteiger partial charge in [-0.05, 0) is 57.2 Å². The number of nitrogens with zero attached hydrogens (tertiary/aromatic N) is 1. The summed E-state index contributed by atoms with van der Waals surface area (Å²) in [6, 6.07) is 4.70. The standard InChI is InChI=1S/C11H10O4.C3H9N/c12-10(13)7-2-1-6-3-4-8(11(14)15)9(6)5-7;1-4(2)3/h1-2,5,8H,3-4H2,(H,12,13)(H,14,15);1-3H3. The van der Waals surface area contributed by atoms with Gasteiger partial charge < -0.3 is 15.1 Å². The lowest BCUT2D eigenvalue weighted by molar-refractivity contribution is -0.138. The predicted molar refractivity (Wildman–Crippen MR) is 71.7 cm³/mol. The topological polar surface area (TPSA) is 77.8 Å². The number of rotatable bonds is 2. The minimum absolute atomic E-state index is 0.155. The third-order valence-corrected chi connectivity index (χ3v) is 2.77. The summed E-state index contributed by atoms with van der Waals surface area (Å²) in [5.41, 5.74) is 1.76. The van der Waals surface area contributed by atoms with Gasteiger partial charge in [0.2, 0.25) is 0 Å². The number of fused-ring (bicyclic) bond motifs is 1. The molecule has 0 amide bonds. The van der Waals surface area contributed by atoms with Gasteiger partial charge in [0.25, 0.3) is 0 Å². The number of aliphatic carboxylic acids is 1. The second-order valence-corrected chi connectivity index (χ2v) is 4.99. The Morgan fingerprint density at radius 1 is 1.21 bits per heavy atom. The molecule has 1 aliphatic carbocycles. The van der Waals surface area contributed by atoms with Crippen LogP contribution in [-0.2, 0) is 11.2 Å². The van der Waals surface area contributed by atoms with Crippen LogP contribution in [0.25, 0.3) is 0 Å². The number of hydrogen-bond donors (Lipinski definition) is 2. The monoisotopic (exact) mass is 265 g/mol. The van der Waals surface area contributed by atoms with Gasteiger partial charge in [-0.1, -0.05) is 6.07 Å². The van der Waals surface area contributed by atoms with Crippen molar-refractivity contribution in [2.75, 3.05) is 21.1 Å². The summed E-state index contributed by atoms with van der Waals surface area (Å²) in [6.07, 6.45) is 1.28. The summed E-state index contributed by atoms with van der Waals surface area (Å²) < 4.78 is 0. The number of benzene rings is 1. The maximum Gasteiger partial charge on any atom is 0.335 e. The van der Waals surface area contributed by atoms with Gasteiger partial charge >= 0.3 is 11.9 Å². The van der Waals surface area contributed by atoms with Crippen LogP contribution in [-0.4, -0.2) is 48.2 Å². The van der Waals surface area contributed by atoms with Crippen LogP contribution in [0.1, 0.15) is 33.8 Å². The van der Waals surface area contributed by atoms with Crippen molar-refractivity contribution in [1.82, 2.24) is 4.90 Å². The molecule has 0 aromatic heterocycles. The van der Waals surface area contributed by atoms with E-state index in [9.17, 15) is 9.59 Å². The molecule has 1 aliphatic rings. The van der Waals surface area contributed by atoms with Crippen LogP contribution in [0.15, 0.2) is 18.2 Å². The van der Waals surface area contributed by atoms with Gasteiger partial charge in [0.15, 0.2) is 0 Å². The molecule has 1 atom stereocenters. The van der Waals surface area contributed by atoms with Crippen molar-refractivity contribution < 1.29 is 19.8 Å². The number of carbonyl (C=O) groups is 2. The van der Waals surface area contributed by atoms with Crippen molar-refractivity contribution in [3.63, 3.8) is 0 Å². The lowest BCUT2D eigenvalue weighted by atomic mass is 9.99. The van der Waals surface area contributed by atoms with Crippen molar-refractivity contribution >= 4 is 11.9 Å². The first-order valence-electron chi connectivity index (χ1n) is 6.02. The number of aromatic carboxylic acids is 1. The van der Waals surface area contributed by atoms with Crippen molar-refractivity contribution in [2.45, 2.75) is 18.8 Å². The molecular formula is C14H19NO4. The normalized spacial score (nSPS) is 16.5. The molecule has 0 saturated heterocycles. The zero-order valence-electron chi connectivity index (χ0n) is 11.4. The van der Waals surface area contributed by atoms with E-state index >= 15 is 0 Å². The zero-order chi connectivity index (χ0) is 14.6. The van der Waals surface area contributed by atoms with Crippen LogP contribution < -0.4 is 0 Å². The Morgan fingerprint density at radius 2 is 1.79 bits per heavy atom. The minimum Gasteiger partial charge on any atom is -0.481 e.